The van der Waals surface area contributed by atoms with Gasteiger partial charge in [0.25, 0.3) is 0 Å². The van der Waals surface area contributed by atoms with Crippen LogP contribution in [0.4, 0.5) is 0 Å². The summed E-state index contributed by atoms with van der Waals surface area (Å²) in [6, 6.07) is 7.28. The number of hydrogen-bond acceptors (Lipinski definition) is 6. The van der Waals surface area contributed by atoms with Gasteiger partial charge in [0.05, 0.1) is 18.6 Å². The largest absolute Gasteiger partial charge is 0.465 e. The summed E-state index contributed by atoms with van der Waals surface area (Å²) in [6.45, 7) is 2.94. The highest BCUT2D eigenvalue weighted by molar-refractivity contribution is 7.80. The van der Waals surface area contributed by atoms with Gasteiger partial charge in [0.1, 0.15) is 6.04 Å². The highest BCUT2D eigenvalue weighted by Crippen LogP contribution is 2.29. The molecule has 35 heavy (non-hydrogen) atoms. The minimum atomic E-state index is -0.746. The van der Waals surface area contributed by atoms with E-state index in [1.807, 2.05) is 0 Å². The molecular weight excluding hydrogens is 460 g/mol. The SMILES string of the molecule is CCOC(=O)[C@H]1NCC(=S)C1C(=O)C1CCCCN1C(=O)CCCCCC1=Cc2ccccc2C1. The first kappa shape index (κ1) is 25.7. The third-order valence-electron chi connectivity index (χ3n) is 7.40. The molecule has 1 aromatic rings. The topological polar surface area (TPSA) is 75.7 Å². The van der Waals surface area contributed by atoms with E-state index in [9.17, 15) is 14.4 Å². The summed E-state index contributed by atoms with van der Waals surface area (Å²) in [7, 11) is 0. The van der Waals surface area contributed by atoms with Crippen LogP contribution in [0.5, 0.6) is 0 Å². The number of Topliss-reactive ketones (excluding diaryl/α,β-unsaturated/α-hetero) is 1. The van der Waals surface area contributed by atoms with Crippen LogP contribution >= 0.6 is 12.2 Å². The van der Waals surface area contributed by atoms with Crippen molar-refractivity contribution in [3.63, 3.8) is 0 Å². The third kappa shape index (κ3) is 6.07. The van der Waals surface area contributed by atoms with Crippen molar-refractivity contribution >= 4 is 40.8 Å². The van der Waals surface area contributed by atoms with Crippen LogP contribution in [0.2, 0.25) is 0 Å². The zero-order chi connectivity index (χ0) is 24.8. The van der Waals surface area contributed by atoms with Crippen LogP contribution < -0.4 is 5.32 Å². The molecular formula is C28H36N2O4S. The number of piperidine rings is 1. The molecule has 1 N–H and O–H groups in total. The number of esters is 1. The van der Waals surface area contributed by atoms with E-state index in [1.165, 1.54) is 16.7 Å². The maximum absolute atomic E-state index is 13.5. The lowest BCUT2D eigenvalue weighted by Crippen LogP contribution is -2.53. The van der Waals surface area contributed by atoms with Crippen LogP contribution in [0.25, 0.3) is 6.08 Å². The molecule has 1 aromatic carbocycles. The normalized spacial score (nSPS) is 23.7. The number of nitrogens with one attached hydrogen (secondary N) is 1. The summed E-state index contributed by atoms with van der Waals surface area (Å²) >= 11 is 5.44. The van der Waals surface area contributed by atoms with Crippen LogP contribution in [0.3, 0.4) is 0 Å². The molecule has 3 aliphatic rings. The number of thiocarbonyl (C=S) groups is 1. The van der Waals surface area contributed by atoms with Crippen molar-refractivity contribution in [1.29, 1.82) is 0 Å². The summed E-state index contributed by atoms with van der Waals surface area (Å²) in [6.07, 6.45) is 10.2. The highest BCUT2D eigenvalue weighted by Gasteiger charge is 2.46. The number of carbonyl (C=O) groups is 3. The van der Waals surface area contributed by atoms with E-state index >= 15 is 0 Å². The molecule has 2 aliphatic heterocycles. The van der Waals surface area contributed by atoms with Gasteiger partial charge in [0.15, 0.2) is 5.78 Å². The predicted molar refractivity (Wildman–Crippen MR) is 140 cm³/mol. The van der Waals surface area contributed by atoms with Gasteiger partial charge in [-0.05, 0) is 63.0 Å². The average molecular weight is 497 g/mol. The standard InChI is InChI=1S/C28H36N2O4S/c1-2-34-28(33)26-25(23(35)18-29-26)27(32)22-13-8-9-15-30(22)24(31)14-5-3-4-10-19-16-20-11-6-7-12-21(20)17-19/h6-7,11-12,16,22,25-26,29H,2-5,8-10,13-15,17-18H2,1H3/t22?,25?,26-/m0/s1. The lowest BCUT2D eigenvalue weighted by molar-refractivity contribution is -0.149. The molecule has 188 valence electrons. The molecule has 1 amide bonds. The van der Waals surface area contributed by atoms with Crippen molar-refractivity contribution in [3.05, 3.63) is 41.0 Å². The van der Waals surface area contributed by atoms with Gasteiger partial charge in [-0.3, -0.25) is 19.7 Å². The second kappa shape index (κ2) is 12.0. The zero-order valence-electron chi connectivity index (χ0n) is 20.6. The van der Waals surface area contributed by atoms with Crippen molar-refractivity contribution in [1.82, 2.24) is 10.2 Å². The molecule has 2 saturated heterocycles. The minimum Gasteiger partial charge on any atom is -0.465 e. The van der Waals surface area contributed by atoms with Crippen molar-refractivity contribution in [3.8, 4) is 0 Å². The fraction of sp³-hybridized carbons (Fsp3) is 0.571. The first-order chi connectivity index (χ1) is 17.0. The number of fused-ring (bicyclic) bond motifs is 1. The average Bonchev–Trinajstić information content (AvgIpc) is 3.46. The molecule has 7 heteroatoms. The van der Waals surface area contributed by atoms with Gasteiger partial charge in [-0.2, -0.15) is 0 Å². The van der Waals surface area contributed by atoms with Crippen LogP contribution in [-0.2, 0) is 25.5 Å². The number of ketones is 1. The monoisotopic (exact) mass is 496 g/mol. The number of benzene rings is 1. The molecule has 3 atom stereocenters. The number of allylic oxidation sites excluding steroid dienone is 1. The van der Waals surface area contributed by atoms with Crippen LogP contribution in [0.1, 0.15) is 69.4 Å². The smallest absolute Gasteiger partial charge is 0.324 e. The Kier molecular flexibility index (Phi) is 8.84. The van der Waals surface area contributed by atoms with Gasteiger partial charge >= 0.3 is 5.97 Å². The molecule has 2 unspecified atom stereocenters. The molecule has 1 aliphatic carbocycles. The van der Waals surface area contributed by atoms with Gasteiger partial charge in [0.2, 0.25) is 5.91 Å². The Balaban J connectivity index is 1.27. The summed E-state index contributed by atoms with van der Waals surface area (Å²) in [5.41, 5.74) is 4.21. The number of amides is 1. The highest BCUT2D eigenvalue weighted by atomic mass is 32.1. The predicted octanol–water partition coefficient (Wildman–Crippen LogP) is 4.05. The summed E-state index contributed by atoms with van der Waals surface area (Å²) in [5, 5.41) is 3.04. The second-order valence-electron chi connectivity index (χ2n) is 9.79. The van der Waals surface area contributed by atoms with E-state index in [4.69, 9.17) is 17.0 Å². The fourth-order valence-corrected chi connectivity index (χ4v) is 5.93. The summed E-state index contributed by atoms with van der Waals surface area (Å²) < 4.78 is 5.15. The van der Waals surface area contributed by atoms with E-state index in [2.05, 4.69) is 35.7 Å². The van der Waals surface area contributed by atoms with Crippen molar-refractivity contribution < 1.29 is 19.1 Å². The number of unbranched alkanes of at least 4 members (excludes halogenated alkanes) is 2. The van der Waals surface area contributed by atoms with E-state index in [0.29, 0.717) is 30.8 Å². The second-order valence-corrected chi connectivity index (χ2v) is 10.3. The Labute approximate surface area is 213 Å². The van der Waals surface area contributed by atoms with Gasteiger partial charge in [-0.25, -0.2) is 0 Å². The number of carbonyl (C=O) groups excluding carboxylic acids is 3. The molecule has 0 saturated carbocycles. The maximum Gasteiger partial charge on any atom is 0.324 e. The van der Waals surface area contributed by atoms with E-state index in [1.54, 1.807) is 11.8 Å². The molecule has 6 nitrogen and oxygen atoms in total. The van der Waals surface area contributed by atoms with Crippen LogP contribution in [-0.4, -0.2) is 59.2 Å². The maximum atomic E-state index is 13.5. The van der Waals surface area contributed by atoms with Crippen molar-refractivity contribution in [2.75, 3.05) is 19.7 Å². The lowest BCUT2D eigenvalue weighted by Gasteiger charge is -2.36. The van der Waals surface area contributed by atoms with Gasteiger partial charge in [0, 0.05) is 24.4 Å². The zero-order valence-corrected chi connectivity index (χ0v) is 21.4. The summed E-state index contributed by atoms with van der Waals surface area (Å²) in [4.78, 5) is 41.3. The lowest BCUT2D eigenvalue weighted by atomic mass is 9.86. The van der Waals surface area contributed by atoms with Crippen LogP contribution in [0.15, 0.2) is 29.8 Å². The number of ether oxygens (including phenoxy) is 1. The number of hydrogen-bond donors (Lipinski definition) is 1. The molecule has 2 fully saturated rings. The molecule has 2 heterocycles. The van der Waals surface area contributed by atoms with Gasteiger partial charge < -0.3 is 9.64 Å². The van der Waals surface area contributed by atoms with Gasteiger partial charge in [-0.1, -0.05) is 54.6 Å². The fourth-order valence-electron chi connectivity index (χ4n) is 5.59. The first-order valence-electron chi connectivity index (χ1n) is 13.0. The van der Waals surface area contributed by atoms with Gasteiger partial charge in [-0.15, -0.1) is 0 Å². The van der Waals surface area contributed by atoms with Crippen molar-refractivity contribution in [2.24, 2.45) is 5.92 Å². The van der Waals surface area contributed by atoms with E-state index in [0.717, 1.165) is 44.9 Å². The number of nitrogens with zero attached hydrogens (tertiary/aromatic N) is 1. The number of rotatable bonds is 10. The Morgan fingerprint density at radius 3 is 2.77 bits per heavy atom. The summed E-state index contributed by atoms with van der Waals surface area (Å²) in [5.74, 6) is -1.22. The van der Waals surface area contributed by atoms with E-state index in [-0.39, 0.29) is 18.3 Å². The Bertz CT molecular complexity index is 1000. The Morgan fingerprint density at radius 2 is 1.97 bits per heavy atom. The van der Waals surface area contributed by atoms with Crippen molar-refractivity contribution in [2.45, 2.75) is 76.8 Å². The Morgan fingerprint density at radius 1 is 1.14 bits per heavy atom. The number of likely N-dealkylation sites (tertiary alicyclic amines) is 1. The Hall–Kier alpha value is -2.38. The molecule has 0 aromatic heterocycles. The van der Waals surface area contributed by atoms with E-state index < -0.39 is 24.0 Å². The quantitative estimate of drug-likeness (QED) is 0.299. The molecule has 0 bridgehead atoms. The van der Waals surface area contributed by atoms with Crippen LogP contribution in [0, 0.1) is 5.92 Å². The third-order valence-corrected chi connectivity index (χ3v) is 7.79. The molecule has 4 rings (SSSR count). The molecule has 0 spiro atoms. The molecule has 0 radical (unpaired) electrons. The minimum absolute atomic E-state index is 0.0418. The first-order valence-corrected chi connectivity index (χ1v) is 13.4.